The zero-order valence-corrected chi connectivity index (χ0v) is 36.1. The van der Waals surface area contributed by atoms with E-state index in [2.05, 4.69) is 227 Å². The van der Waals surface area contributed by atoms with E-state index in [0.29, 0.717) is 5.84 Å². The summed E-state index contributed by atoms with van der Waals surface area (Å²) in [4.78, 5) is 11.0. The number of amidine groups is 2. The van der Waals surface area contributed by atoms with E-state index in [0.717, 1.165) is 99.8 Å². The lowest BCUT2D eigenvalue weighted by Gasteiger charge is -2.25. The molecular weight excluding hydrogens is 819 g/mol. The third-order valence-electron chi connectivity index (χ3n) is 13.6. The molecular formula is C61H39N5O. The number of fused-ring (bicyclic) bond motifs is 10. The van der Waals surface area contributed by atoms with Crippen molar-refractivity contribution in [1.82, 2.24) is 14.5 Å². The molecule has 0 radical (unpaired) electrons. The standard InChI is InChI=1S/C61H39N5O/c1-3-16-38(17-4-1)39-30-32-40(33-31-39)59-62-60(47-25-15-28-52-56(47)45-23-10-13-27-51(45)65(52)43-20-5-2-6-21-43)64-61(63-59)48-34-35-53(58-57(48)46-24-11-14-29-55(46)67-58)66-50-26-12-9-22-44(50)49-36-41-18-7-8-19-42(41)37-54(49)66/h1-37,61H,(H,62,63,64). The van der Waals surface area contributed by atoms with E-state index in [4.69, 9.17) is 14.4 Å². The first-order chi connectivity index (χ1) is 33.2. The van der Waals surface area contributed by atoms with Gasteiger partial charge in [0.2, 0.25) is 0 Å². The Morgan fingerprint density at radius 3 is 1.87 bits per heavy atom. The van der Waals surface area contributed by atoms with Crippen LogP contribution in [0, 0.1) is 0 Å². The van der Waals surface area contributed by atoms with E-state index < -0.39 is 6.17 Å². The van der Waals surface area contributed by atoms with Gasteiger partial charge in [-0.2, -0.15) is 0 Å². The van der Waals surface area contributed by atoms with Crippen molar-refractivity contribution in [3.63, 3.8) is 0 Å². The molecule has 0 saturated heterocycles. The molecule has 0 saturated carbocycles. The summed E-state index contributed by atoms with van der Waals surface area (Å²) < 4.78 is 11.7. The van der Waals surface area contributed by atoms with Crippen LogP contribution in [0.15, 0.2) is 239 Å². The van der Waals surface area contributed by atoms with Crippen LogP contribution in [0.3, 0.4) is 0 Å². The van der Waals surface area contributed by atoms with Crippen LogP contribution >= 0.6 is 0 Å². The molecule has 1 N–H and O–H groups in total. The SMILES string of the molecule is c1ccc(-c2ccc(C3=NC(c4ccc(-n5c6ccccc6c6cc7ccccc7cc65)c5oc6ccccc6c45)NC(c4cccc5c4c4ccccc4n5-c4ccccc4)=N3)cc2)cc1. The van der Waals surface area contributed by atoms with Gasteiger partial charge < -0.3 is 18.9 Å². The second kappa shape index (κ2) is 14.8. The maximum Gasteiger partial charge on any atom is 0.159 e. The summed E-state index contributed by atoms with van der Waals surface area (Å²) in [7, 11) is 0. The molecule has 67 heavy (non-hydrogen) atoms. The highest BCUT2D eigenvalue weighted by Crippen LogP contribution is 2.43. The molecule has 13 aromatic rings. The van der Waals surface area contributed by atoms with E-state index in [9.17, 15) is 0 Å². The number of benzene rings is 10. The molecule has 10 aromatic carbocycles. The smallest absolute Gasteiger partial charge is 0.159 e. The quantitative estimate of drug-likeness (QED) is 0.181. The van der Waals surface area contributed by atoms with E-state index in [1.54, 1.807) is 0 Å². The molecule has 6 nitrogen and oxygen atoms in total. The van der Waals surface area contributed by atoms with Gasteiger partial charge in [-0.25, -0.2) is 9.98 Å². The van der Waals surface area contributed by atoms with Crippen LogP contribution in [0.1, 0.15) is 22.9 Å². The van der Waals surface area contributed by atoms with Crippen molar-refractivity contribution >= 4 is 88.0 Å². The normalized spacial score (nSPS) is 14.1. The van der Waals surface area contributed by atoms with E-state index >= 15 is 0 Å². The van der Waals surface area contributed by atoms with Gasteiger partial charge in [0.05, 0.1) is 27.8 Å². The molecule has 6 heteroatoms. The van der Waals surface area contributed by atoms with Gasteiger partial charge >= 0.3 is 0 Å². The molecule has 1 aliphatic heterocycles. The summed E-state index contributed by atoms with van der Waals surface area (Å²) in [6, 6.07) is 79.6. The Hall–Kier alpha value is -9.00. The second-order valence-electron chi connectivity index (χ2n) is 17.3. The minimum Gasteiger partial charge on any atom is -0.454 e. The van der Waals surface area contributed by atoms with Crippen molar-refractivity contribution < 1.29 is 4.42 Å². The maximum atomic E-state index is 7.02. The molecule has 0 fully saturated rings. The van der Waals surface area contributed by atoms with Gasteiger partial charge in [-0.3, -0.25) is 0 Å². The van der Waals surface area contributed by atoms with Gasteiger partial charge in [-0.1, -0.05) is 170 Å². The number of para-hydroxylation sites is 4. The Morgan fingerprint density at radius 1 is 0.433 bits per heavy atom. The molecule has 0 aliphatic carbocycles. The van der Waals surface area contributed by atoms with Gasteiger partial charge in [-0.05, 0) is 76.5 Å². The molecule has 1 unspecified atom stereocenters. The largest absolute Gasteiger partial charge is 0.454 e. The van der Waals surface area contributed by atoms with Gasteiger partial charge in [0.1, 0.15) is 17.6 Å². The van der Waals surface area contributed by atoms with Crippen LogP contribution in [-0.4, -0.2) is 20.8 Å². The van der Waals surface area contributed by atoms with Crippen LogP contribution in [0.2, 0.25) is 0 Å². The first-order valence-corrected chi connectivity index (χ1v) is 22.8. The summed E-state index contributed by atoms with van der Waals surface area (Å²) in [5, 5.41) is 13.0. The Bertz CT molecular complexity index is 4180. The number of nitrogens with one attached hydrogen (secondary N) is 1. The molecule has 1 aliphatic rings. The zero-order valence-electron chi connectivity index (χ0n) is 36.1. The Balaban J connectivity index is 1.00. The van der Waals surface area contributed by atoms with Gasteiger partial charge in [-0.15, -0.1) is 0 Å². The molecule has 0 bridgehead atoms. The van der Waals surface area contributed by atoms with E-state index in [1.807, 2.05) is 12.1 Å². The molecule has 3 aromatic heterocycles. The summed E-state index contributed by atoms with van der Waals surface area (Å²) >= 11 is 0. The fourth-order valence-electron chi connectivity index (χ4n) is 10.5. The highest BCUT2D eigenvalue weighted by atomic mass is 16.3. The lowest BCUT2D eigenvalue weighted by atomic mass is 10.00. The van der Waals surface area contributed by atoms with Crippen LogP contribution < -0.4 is 5.32 Å². The highest BCUT2D eigenvalue weighted by molar-refractivity contribution is 6.24. The average molecular weight is 858 g/mol. The van der Waals surface area contributed by atoms with Crippen LogP contribution in [0.4, 0.5) is 0 Å². The number of hydrogen-bond donors (Lipinski definition) is 1. The summed E-state index contributed by atoms with van der Waals surface area (Å²) in [5.41, 5.74) is 13.4. The van der Waals surface area contributed by atoms with Crippen LogP contribution in [-0.2, 0) is 0 Å². The summed E-state index contributed by atoms with van der Waals surface area (Å²) in [6.07, 6.45) is -0.520. The third kappa shape index (κ3) is 5.83. The average Bonchev–Trinajstić information content (AvgIpc) is 4.06. The second-order valence-corrected chi connectivity index (χ2v) is 17.3. The number of aromatic nitrogens is 2. The molecule has 314 valence electrons. The number of furan rings is 1. The van der Waals surface area contributed by atoms with Crippen molar-refractivity contribution in [1.29, 1.82) is 0 Å². The number of aliphatic imine (C=N–C) groups is 2. The fourth-order valence-corrected chi connectivity index (χ4v) is 10.5. The summed E-state index contributed by atoms with van der Waals surface area (Å²) in [6.45, 7) is 0. The Labute approximate surface area is 385 Å². The maximum absolute atomic E-state index is 7.02. The first kappa shape index (κ1) is 37.4. The molecule has 4 heterocycles. The van der Waals surface area contributed by atoms with E-state index in [1.165, 1.54) is 21.5 Å². The number of hydrogen-bond acceptors (Lipinski definition) is 4. The summed E-state index contributed by atoms with van der Waals surface area (Å²) in [5.74, 6) is 1.41. The monoisotopic (exact) mass is 857 g/mol. The molecule has 0 spiro atoms. The fraction of sp³-hybridized carbons (Fsp3) is 0.0164. The van der Waals surface area contributed by atoms with Crippen molar-refractivity contribution in [2.24, 2.45) is 9.98 Å². The van der Waals surface area contributed by atoms with Gasteiger partial charge in [0, 0.05) is 54.7 Å². The van der Waals surface area contributed by atoms with Crippen molar-refractivity contribution in [2.45, 2.75) is 6.17 Å². The van der Waals surface area contributed by atoms with Crippen LogP contribution in [0.25, 0.3) is 98.8 Å². The van der Waals surface area contributed by atoms with Crippen molar-refractivity contribution in [2.75, 3.05) is 0 Å². The predicted molar refractivity (Wildman–Crippen MR) is 277 cm³/mol. The number of nitrogens with zero attached hydrogens (tertiary/aromatic N) is 4. The minimum atomic E-state index is -0.520. The highest BCUT2D eigenvalue weighted by Gasteiger charge is 2.29. The van der Waals surface area contributed by atoms with E-state index in [-0.39, 0.29) is 0 Å². The molecule has 0 amide bonds. The Kier molecular flexibility index (Phi) is 8.24. The van der Waals surface area contributed by atoms with Crippen LogP contribution in [0.5, 0.6) is 0 Å². The first-order valence-electron chi connectivity index (χ1n) is 22.8. The van der Waals surface area contributed by atoms with Crippen molar-refractivity contribution in [3.8, 4) is 22.5 Å². The molecule has 1 atom stereocenters. The zero-order chi connectivity index (χ0) is 44.0. The lowest BCUT2D eigenvalue weighted by molar-refractivity contribution is 0.660. The van der Waals surface area contributed by atoms with Gasteiger partial charge in [0.25, 0.3) is 0 Å². The predicted octanol–water partition coefficient (Wildman–Crippen LogP) is 15.1. The van der Waals surface area contributed by atoms with Crippen molar-refractivity contribution in [3.05, 3.63) is 241 Å². The minimum absolute atomic E-state index is 0.520. The molecule has 14 rings (SSSR count). The topological polar surface area (TPSA) is 59.8 Å². The Morgan fingerprint density at radius 2 is 1.06 bits per heavy atom. The number of rotatable bonds is 6. The lowest BCUT2D eigenvalue weighted by Crippen LogP contribution is -2.33. The van der Waals surface area contributed by atoms with Gasteiger partial charge in [0.15, 0.2) is 11.4 Å². The third-order valence-corrected chi connectivity index (χ3v) is 13.6.